The molecule has 0 aliphatic heterocycles. The highest BCUT2D eigenvalue weighted by molar-refractivity contribution is 5.92. The summed E-state index contributed by atoms with van der Waals surface area (Å²) in [5.74, 6) is 0.304. The van der Waals surface area contributed by atoms with Gasteiger partial charge in [0.2, 0.25) is 0 Å². The van der Waals surface area contributed by atoms with Crippen LogP contribution < -0.4 is 11.1 Å². The first-order chi connectivity index (χ1) is 12.2. The highest BCUT2D eigenvalue weighted by atomic mass is 16.4. The molecule has 0 unspecified atom stereocenters. The van der Waals surface area contributed by atoms with E-state index < -0.39 is 0 Å². The number of hydrogen-bond donors (Lipinski definition) is 3. The first-order valence-corrected chi connectivity index (χ1v) is 10.0. The van der Waals surface area contributed by atoms with Gasteiger partial charge in [0, 0.05) is 6.54 Å². The van der Waals surface area contributed by atoms with Crippen LogP contribution in [0.25, 0.3) is 0 Å². The predicted molar refractivity (Wildman–Crippen MR) is 105 cm³/mol. The number of nitrogens with one attached hydrogen (secondary N) is 1. The standard InChI is InChI=1S/C21H35N3O/c1-2-3-4-5-6-7-8-9-10-18-11-13-19(14-12-18)17-23-21(15-16-21)20(22)24-25/h11-14,23,25H,2-10,15-17H2,1H3,(H2,22,24). The molecular formula is C21H35N3O. The molecule has 140 valence electrons. The highest BCUT2D eigenvalue weighted by Crippen LogP contribution is 2.35. The van der Waals surface area contributed by atoms with Gasteiger partial charge in [0.25, 0.3) is 0 Å². The summed E-state index contributed by atoms with van der Waals surface area (Å²) in [6, 6.07) is 8.85. The van der Waals surface area contributed by atoms with Crippen molar-refractivity contribution in [1.82, 2.24) is 5.32 Å². The van der Waals surface area contributed by atoms with Gasteiger partial charge in [0.15, 0.2) is 5.84 Å². The number of rotatable bonds is 13. The minimum atomic E-state index is -0.273. The monoisotopic (exact) mass is 345 g/mol. The van der Waals surface area contributed by atoms with E-state index in [1.54, 1.807) is 0 Å². The summed E-state index contributed by atoms with van der Waals surface area (Å²) in [7, 11) is 0. The van der Waals surface area contributed by atoms with Crippen LogP contribution in [0.2, 0.25) is 0 Å². The number of benzene rings is 1. The van der Waals surface area contributed by atoms with Crippen molar-refractivity contribution < 1.29 is 5.21 Å². The lowest BCUT2D eigenvalue weighted by atomic mass is 10.0. The molecule has 4 nitrogen and oxygen atoms in total. The lowest BCUT2D eigenvalue weighted by Gasteiger charge is -2.15. The van der Waals surface area contributed by atoms with E-state index in [1.165, 1.54) is 68.9 Å². The summed E-state index contributed by atoms with van der Waals surface area (Å²) < 4.78 is 0. The first-order valence-electron chi connectivity index (χ1n) is 10.0. The van der Waals surface area contributed by atoms with Crippen LogP contribution in [-0.4, -0.2) is 16.6 Å². The fourth-order valence-corrected chi connectivity index (χ4v) is 3.30. The molecule has 1 fully saturated rings. The van der Waals surface area contributed by atoms with Crippen molar-refractivity contribution in [3.8, 4) is 0 Å². The number of nitrogens with two attached hydrogens (primary N) is 1. The first kappa shape index (κ1) is 19.8. The van der Waals surface area contributed by atoms with Crippen LogP contribution in [-0.2, 0) is 13.0 Å². The van der Waals surface area contributed by atoms with E-state index in [4.69, 9.17) is 10.9 Å². The third-order valence-corrected chi connectivity index (χ3v) is 5.32. The number of aryl methyl sites for hydroxylation is 1. The molecule has 0 heterocycles. The number of oxime groups is 1. The van der Waals surface area contributed by atoms with Crippen LogP contribution in [0.3, 0.4) is 0 Å². The molecule has 0 spiro atoms. The van der Waals surface area contributed by atoms with Crippen molar-refractivity contribution in [2.45, 2.75) is 89.6 Å². The van der Waals surface area contributed by atoms with Crippen molar-refractivity contribution in [1.29, 1.82) is 0 Å². The molecule has 0 saturated heterocycles. The summed E-state index contributed by atoms with van der Waals surface area (Å²) in [5, 5.41) is 15.4. The zero-order valence-electron chi connectivity index (χ0n) is 15.8. The van der Waals surface area contributed by atoms with Crippen molar-refractivity contribution in [3.63, 3.8) is 0 Å². The molecule has 1 aliphatic rings. The fourth-order valence-electron chi connectivity index (χ4n) is 3.30. The molecule has 0 amide bonds. The molecular weight excluding hydrogens is 310 g/mol. The second-order valence-corrected chi connectivity index (χ2v) is 7.46. The molecule has 0 radical (unpaired) electrons. The second kappa shape index (κ2) is 10.4. The molecule has 0 aromatic heterocycles. The van der Waals surface area contributed by atoms with Crippen molar-refractivity contribution >= 4 is 5.84 Å². The van der Waals surface area contributed by atoms with Crippen LogP contribution in [0.4, 0.5) is 0 Å². The number of nitrogens with zero attached hydrogens (tertiary/aromatic N) is 1. The van der Waals surface area contributed by atoms with Gasteiger partial charge in [0.1, 0.15) is 0 Å². The Balaban J connectivity index is 1.60. The summed E-state index contributed by atoms with van der Waals surface area (Å²) >= 11 is 0. The Morgan fingerprint density at radius 2 is 1.56 bits per heavy atom. The zero-order valence-corrected chi connectivity index (χ0v) is 15.8. The Morgan fingerprint density at radius 3 is 2.12 bits per heavy atom. The predicted octanol–water partition coefficient (Wildman–Crippen LogP) is 4.74. The lowest BCUT2D eigenvalue weighted by molar-refractivity contribution is 0.313. The average Bonchev–Trinajstić information content (AvgIpc) is 3.44. The lowest BCUT2D eigenvalue weighted by Crippen LogP contribution is -2.43. The Bertz CT molecular complexity index is 520. The number of hydrogen-bond acceptors (Lipinski definition) is 3. The normalized spacial score (nSPS) is 16.1. The molecule has 2 rings (SSSR count). The zero-order chi connectivity index (χ0) is 18.0. The van der Waals surface area contributed by atoms with E-state index in [0.29, 0.717) is 5.84 Å². The van der Waals surface area contributed by atoms with Gasteiger partial charge in [-0.15, -0.1) is 0 Å². The van der Waals surface area contributed by atoms with E-state index in [0.717, 1.165) is 19.4 Å². The fraction of sp³-hybridized carbons (Fsp3) is 0.667. The Morgan fingerprint density at radius 1 is 1.00 bits per heavy atom. The summed E-state index contributed by atoms with van der Waals surface area (Å²) in [6.07, 6.45) is 14.0. The van der Waals surface area contributed by atoms with Gasteiger partial charge in [-0.05, 0) is 36.8 Å². The summed E-state index contributed by atoms with van der Waals surface area (Å²) in [6.45, 7) is 3.03. The van der Waals surface area contributed by atoms with Gasteiger partial charge in [-0.2, -0.15) is 0 Å². The van der Waals surface area contributed by atoms with Gasteiger partial charge >= 0.3 is 0 Å². The second-order valence-electron chi connectivity index (χ2n) is 7.46. The Hall–Kier alpha value is -1.55. The van der Waals surface area contributed by atoms with Gasteiger partial charge in [0.05, 0.1) is 5.54 Å². The quantitative estimate of drug-likeness (QED) is 0.159. The van der Waals surface area contributed by atoms with Gasteiger partial charge in [-0.3, -0.25) is 0 Å². The van der Waals surface area contributed by atoms with Crippen LogP contribution in [0.5, 0.6) is 0 Å². The topological polar surface area (TPSA) is 70.6 Å². The third kappa shape index (κ3) is 6.69. The molecule has 0 atom stereocenters. The van der Waals surface area contributed by atoms with Crippen molar-refractivity contribution in [2.75, 3.05) is 0 Å². The Labute approximate surface area is 152 Å². The molecule has 4 N–H and O–H groups in total. The van der Waals surface area contributed by atoms with Gasteiger partial charge in [-0.1, -0.05) is 81.3 Å². The molecule has 4 heteroatoms. The van der Waals surface area contributed by atoms with Crippen LogP contribution in [0, 0.1) is 0 Å². The minimum absolute atomic E-state index is 0.273. The minimum Gasteiger partial charge on any atom is -0.409 e. The van der Waals surface area contributed by atoms with Gasteiger partial charge < -0.3 is 16.3 Å². The number of amidine groups is 1. The SMILES string of the molecule is CCCCCCCCCCc1ccc(CNC2(/C(N)=N\O)CC2)cc1. The summed E-state index contributed by atoms with van der Waals surface area (Å²) in [5.41, 5.74) is 8.15. The highest BCUT2D eigenvalue weighted by Gasteiger charge is 2.46. The smallest absolute Gasteiger partial charge is 0.159 e. The maximum Gasteiger partial charge on any atom is 0.159 e. The molecule has 1 aliphatic carbocycles. The van der Waals surface area contributed by atoms with Crippen molar-refractivity contribution in [2.24, 2.45) is 10.9 Å². The average molecular weight is 346 g/mol. The molecule has 1 aromatic rings. The van der Waals surface area contributed by atoms with Gasteiger partial charge in [-0.25, -0.2) is 0 Å². The largest absolute Gasteiger partial charge is 0.409 e. The van der Waals surface area contributed by atoms with E-state index >= 15 is 0 Å². The van der Waals surface area contributed by atoms with E-state index in [-0.39, 0.29) is 5.54 Å². The van der Waals surface area contributed by atoms with Crippen LogP contribution in [0.1, 0.15) is 82.3 Å². The van der Waals surface area contributed by atoms with E-state index in [1.807, 2.05) is 0 Å². The van der Waals surface area contributed by atoms with E-state index in [2.05, 4.69) is 41.7 Å². The Kier molecular flexibility index (Phi) is 8.26. The maximum absolute atomic E-state index is 8.84. The third-order valence-electron chi connectivity index (χ3n) is 5.32. The molecule has 25 heavy (non-hydrogen) atoms. The van der Waals surface area contributed by atoms with E-state index in [9.17, 15) is 0 Å². The molecule has 1 aromatic carbocycles. The number of unbranched alkanes of at least 4 members (excludes halogenated alkanes) is 7. The van der Waals surface area contributed by atoms with Crippen molar-refractivity contribution in [3.05, 3.63) is 35.4 Å². The summed E-state index contributed by atoms with van der Waals surface area (Å²) in [4.78, 5) is 0. The molecule has 0 bridgehead atoms. The van der Waals surface area contributed by atoms with Crippen LogP contribution >= 0.6 is 0 Å². The van der Waals surface area contributed by atoms with Crippen LogP contribution in [0.15, 0.2) is 29.4 Å². The molecule has 1 saturated carbocycles. The maximum atomic E-state index is 8.84.